The van der Waals surface area contributed by atoms with Gasteiger partial charge >= 0.3 is 5.97 Å². The van der Waals surface area contributed by atoms with E-state index < -0.39 is 12.1 Å². The number of esters is 1. The monoisotopic (exact) mass is 986 g/mol. The number of allylic oxidation sites excluding steroid dienone is 3. The molecule has 0 fully saturated rings. The van der Waals surface area contributed by atoms with E-state index in [1.54, 1.807) is 0 Å². The number of ether oxygens (including phenoxy) is 1. The van der Waals surface area contributed by atoms with E-state index in [0.717, 1.165) is 51.4 Å². The van der Waals surface area contributed by atoms with Crippen LogP contribution < -0.4 is 5.32 Å². The second-order valence-corrected chi connectivity index (χ2v) is 21.7. The summed E-state index contributed by atoms with van der Waals surface area (Å²) in [7, 11) is 0. The highest BCUT2D eigenvalue weighted by Crippen LogP contribution is 2.18. The minimum Gasteiger partial charge on any atom is -0.465 e. The van der Waals surface area contributed by atoms with Crippen LogP contribution in [-0.4, -0.2) is 47.4 Å². The van der Waals surface area contributed by atoms with E-state index in [1.165, 1.54) is 263 Å². The molecule has 2 atom stereocenters. The second-order valence-electron chi connectivity index (χ2n) is 21.7. The summed E-state index contributed by atoms with van der Waals surface area (Å²) in [4.78, 5) is 24.5. The summed E-state index contributed by atoms with van der Waals surface area (Å²) >= 11 is 0. The van der Waals surface area contributed by atoms with E-state index in [1.807, 2.05) is 0 Å². The van der Waals surface area contributed by atoms with Crippen LogP contribution in [0.4, 0.5) is 0 Å². The van der Waals surface area contributed by atoms with Crippen LogP contribution in [0.3, 0.4) is 0 Å². The van der Waals surface area contributed by atoms with Gasteiger partial charge in [0.2, 0.25) is 5.91 Å². The number of rotatable bonds is 59. The highest BCUT2D eigenvalue weighted by atomic mass is 16.5. The maximum Gasteiger partial charge on any atom is 0.305 e. The molecule has 6 heteroatoms. The van der Waals surface area contributed by atoms with Crippen LogP contribution in [0.25, 0.3) is 0 Å². The van der Waals surface area contributed by atoms with Crippen molar-refractivity contribution in [2.24, 2.45) is 0 Å². The molecule has 0 heterocycles. The number of amides is 1. The number of unbranched alkanes of at least 4 members (excludes halogenated alkanes) is 44. The summed E-state index contributed by atoms with van der Waals surface area (Å²) in [5.74, 6) is -0.0684. The van der Waals surface area contributed by atoms with Gasteiger partial charge in [-0.3, -0.25) is 9.59 Å². The maximum atomic E-state index is 12.5. The lowest BCUT2D eigenvalue weighted by atomic mass is 10.0. The Morgan fingerprint density at radius 1 is 0.400 bits per heavy atom. The molecule has 414 valence electrons. The van der Waals surface area contributed by atoms with E-state index in [4.69, 9.17) is 4.74 Å². The molecule has 3 N–H and O–H groups in total. The van der Waals surface area contributed by atoms with Crippen LogP contribution in [0.15, 0.2) is 24.3 Å². The molecular weight excluding hydrogens is 863 g/mol. The number of nitrogens with one attached hydrogen (secondary N) is 1. The molecule has 0 aliphatic rings. The third-order valence-electron chi connectivity index (χ3n) is 14.8. The highest BCUT2D eigenvalue weighted by Gasteiger charge is 2.20. The van der Waals surface area contributed by atoms with Gasteiger partial charge in [-0.05, 0) is 44.9 Å². The summed E-state index contributed by atoms with van der Waals surface area (Å²) in [5, 5.41) is 23.3. The zero-order valence-electron chi connectivity index (χ0n) is 47.3. The largest absolute Gasteiger partial charge is 0.465 e. The average Bonchev–Trinajstić information content (AvgIpc) is 3.36. The third-order valence-corrected chi connectivity index (χ3v) is 14.8. The number of hydrogen-bond donors (Lipinski definition) is 3. The van der Waals surface area contributed by atoms with Crippen molar-refractivity contribution in [3.8, 4) is 0 Å². The fourth-order valence-corrected chi connectivity index (χ4v) is 9.95. The van der Waals surface area contributed by atoms with Crippen LogP contribution in [0.5, 0.6) is 0 Å². The van der Waals surface area contributed by atoms with Gasteiger partial charge in [-0.1, -0.05) is 314 Å². The van der Waals surface area contributed by atoms with Gasteiger partial charge in [-0.25, -0.2) is 0 Å². The first-order valence-electron chi connectivity index (χ1n) is 31.6. The van der Waals surface area contributed by atoms with Crippen LogP contribution >= 0.6 is 0 Å². The predicted molar refractivity (Wildman–Crippen MR) is 306 cm³/mol. The van der Waals surface area contributed by atoms with Gasteiger partial charge in [0.25, 0.3) is 0 Å². The molecule has 6 nitrogen and oxygen atoms in total. The Morgan fingerprint density at radius 2 is 0.714 bits per heavy atom. The second kappa shape index (κ2) is 59.9. The molecule has 0 spiro atoms. The van der Waals surface area contributed by atoms with Crippen molar-refractivity contribution in [1.82, 2.24) is 5.32 Å². The lowest BCUT2D eigenvalue weighted by Gasteiger charge is -2.22. The molecule has 1 amide bonds. The van der Waals surface area contributed by atoms with Gasteiger partial charge < -0.3 is 20.3 Å². The molecule has 0 rings (SSSR count). The zero-order chi connectivity index (χ0) is 50.7. The Bertz CT molecular complexity index is 1090. The third kappa shape index (κ3) is 55.7. The molecule has 0 aliphatic carbocycles. The fraction of sp³-hybridized carbons (Fsp3) is 0.906. The molecule has 0 aromatic rings. The topological polar surface area (TPSA) is 95.9 Å². The first-order valence-corrected chi connectivity index (χ1v) is 31.6. The summed E-state index contributed by atoms with van der Waals surface area (Å²) in [6, 6.07) is -0.545. The number of hydrogen-bond acceptors (Lipinski definition) is 5. The lowest BCUT2D eigenvalue weighted by molar-refractivity contribution is -0.143. The van der Waals surface area contributed by atoms with Gasteiger partial charge in [-0.2, -0.15) is 0 Å². The predicted octanol–water partition coefficient (Wildman–Crippen LogP) is 19.8. The van der Waals surface area contributed by atoms with Gasteiger partial charge in [0, 0.05) is 12.8 Å². The van der Waals surface area contributed by atoms with Crippen molar-refractivity contribution >= 4 is 11.9 Å². The molecule has 0 saturated carbocycles. The highest BCUT2D eigenvalue weighted by molar-refractivity contribution is 5.76. The van der Waals surface area contributed by atoms with E-state index in [0.29, 0.717) is 25.9 Å². The van der Waals surface area contributed by atoms with Crippen molar-refractivity contribution in [2.75, 3.05) is 13.2 Å². The van der Waals surface area contributed by atoms with Crippen molar-refractivity contribution in [3.63, 3.8) is 0 Å². The molecular formula is C64H123NO5. The number of carbonyl (C=O) groups excluding carboxylic acids is 2. The fourth-order valence-electron chi connectivity index (χ4n) is 9.95. The molecule has 0 saturated heterocycles. The zero-order valence-corrected chi connectivity index (χ0v) is 47.3. The lowest BCUT2D eigenvalue weighted by Crippen LogP contribution is -2.45. The molecule has 70 heavy (non-hydrogen) atoms. The van der Waals surface area contributed by atoms with E-state index in [9.17, 15) is 19.8 Å². The Morgan fingerprint density at radius 3 is 1.09 bits per heavy atom. The molecule has 0 bridgehead atoms. The van der Waals surface area contributed by atoms with E-state index in [2.05, 4.69) is 43.5 Å². The number of aliphatic hydroxyl groups excluding tert-OH is 2. The van der Waals surface area contributed by atoms with Gasteiger partial charge in [0.1, 0.15) is 0 Å². The molecule has 0 aliphatic heterocycles. The van der Waals surface area contributed by atoms with Gasteiger partial charge in [-0.15, -0.1) is 0 Å². The summed E-state index contributed by atoms with van der Waals surface area (Å²) in [6.07, 6.45) is 73.5. The minimum absolute atomic E-state index is 0.0307. The van der Waals surface area contributed by atoms with Crippen molar-refractivity contribution < 1.29 is 24.5 Å². The first kappa shape index (κ1) is 68.3. The molecule has 0 radical (unpaired) electrons. The standard InChI is InChI=1S/C64H123NO5/c1-3-5-7-9-11-13-15-17-19-25-30-34-38-42-46-50-54-58-64(69)70-59-55-51-47-43-39-35-31-27-24-22-20-21-23-26-29-33-37-41-45-49-53-57-63(68)65-61(60-66)62(67)56-52-48-44-40-36-32-28-18-16-14-12-10-8-6-4-2/h35,39,47,51,61-62,66-67H,3-34,36-38,40-46,48-50,52-60H2,1-2H3,(H,65,68)/b39-35-,51-47-. The van der Waals surface area contributed by atoms with E-state index >= 15 is 0 Å². The number of aliphatic hydroxyl groups is 2. The van der Waals surface area contributed by atoms with Crippen molar-refractivity contribution in [2.45, 2.75) is 360 Å². The van der Waals surface area contributed by atoms with Crippen LogP contribution in [0, 0.1) is 0 Å². The quantitative estimate of drug-likeness (QED) is 0.0321. The average molecular weight is 987 g/mol. The molecule has 0 aromatic heterocycles. The molecule has 2 unspecified atom stereocenters. The van der Waals surface area contributed by atoms with E-state index in [-0.39, 0.29) is 18.5 Å². The smallest absolute Gasteiger partial charge is 0.305 e. The van der Waals surface area contributed by atoms with Gasteiger partial charge in [0.05, 0.1) is 25.4 Å². The SMILES string of the molecule is CCCCCCCCCCCCCCCCCCCC(=O)OCC/C=C\C/C=C\CCCCCCCCCCCCCCCCC(=O)NC(CO)C(O)CCCCCCCCCCCCCCCCC. The van der Waals surface area contributed by atoms with Crippen molar-refractivity contribution in [1.29, 1.82) is 0 Å². The maximum absolute atomic E-state index is 12.5. The first-order chi connectivity index (χ1) is 34.5. The summed E-state index contributed by atoms with van der Waals surface area (Å²) in [5.41, 5.74) is 0. The Kier molecular flexibility index (Phi) is 58.5. The van der Waals surface area contributed by atoms with Crippen LogP contribution in [0.1, 0.15) is 348 Å². The molecule has 0 aromatic carbocycles. The normalized spacial score (nSPS) is 12.7. The Hall–Kier alpha value is -1.66. The Labute approximate surface area is 437 Å². The van der Waals surface area contributed by atoms with Gasteiger partial charge in [0.15, 0.2) is 0 Å². The van der Waals surface area contributed by atoms with Crippen LogP contribution in [0.2, 0.25) is 0 Å². The van der Waals surface area contributed by atoms with Crippen molar-refractivity contribution in [3.05, 3.63) is 24.3 Å². The Balaban J connectivity index is 3.43. The minimum atomic E-state index is -0.667. The summed E-state index contributed by atoms with van der Waals surface area (Å²) < 4.78 is 5.43. The van der Waals surface area contributed by atoms with Crippen LogP contribution in [-0.2, 0) is 14.3 Å². The summed E-state index contributed by atoms with van der Waals surface area (Å²) in [6.45, 7) is 4.87. The number of carbonyl (C=O) groups is 2.